The van der Waals surface area contributed by atoms with Crippen LogP contribution in [0.1, 0.15) is 50.8 Å². The van der Waals surface area contributed by atoms with E-state index in [1.54, 1.807) is 12.1 Å². The fourth-order valence-corrected chi connectivity index (χ4v) is 5.47. The molecule has 0 unspecified atom stereocenters. The van der Waals surface area contributed by atoms with E-state index in [0.717, 1.165) is 4.90 Å². The van der Waals surface area contributed by atoms with Crippen molar-refractivity contribution in [2.75, 3.05) is 4.90 Å². The molecular formula is C25H20N2O7. The maximum absolute atomic E-state index is 13.7. The van der Waals surface area contributed by atoms with Gasteiger partial charge in [0.1, 0.15) is 0 Å². The van der Waals surface area contributed by atoms with Crippen molar-refractivity contribution >= 4 is 40.8 Å². The number of rotatable bonds is 5. The van der Waals surface area contributed by atoms with Gasteiger partial charge in [-0.15, -0.1) is 0 Å². The van der Waals surface area contributed by atoms with E-state index in [2.05, 4.69) is 5.32 Å². The summed E-state index contributed by atoms with van der Waals surface area (Å²) in [6.45, 7) is 1.39. The van der Waals surface area contributed by atoms with Crippen LogP contribution in [-0.2, 0) is 14.4 Å². The van der Waals surface area contributed by atoms with Gasteiger partial charge < -0.3 is 5.11 Å². The third-order valence-electron chi connectivity index (χ3n) is 7.00. The number of amides is 2. The summed E-state index contributed by atoms with van der Waals surface area (Å²) < 4.78 is 0. The zero-order chi connectivity index (χ0) is 24.4. The Kier molecular flexibility index (Phi) is 4.84. The molecule has 2 fully saturated rings. The molecule has 2 N–H and O–H groups in total. The molecule has 2 saturated heterocycles. The molecule has 5 rings (SSSR count). The van der Waals surface area contributed by atoms with E-state index in [4.69, 9.17) is 0 Å². The Balaban J connectivity index is 1.61. The summed E-state index contributed by atoms with van der Waals surface area (Å²) >= 11 is 0. The molecule has 34 heavy (non-hydrogen) atoms. The lowest BCUT2D eigenvalue weighted by Gasteiger charge is -2.28. The highest BCUT2D eigenvalue weighted by atomic mass is 16.4. The molecule has 2 aromatic rings. The number of imide groups is 1. The first kappa shape index (κ1) is 21.8. The van der Waals surface area contributed by atoms with Crippen LogP contribution in [0, 0.1) is 11.8 Å². The number of nitrogens with one attached hydrogen (secondary N) is 1. The Hall–Kier alpha value is -3.98. The molecular weight excluding hydrogens is 440 g/mol. The first-order valence-electron chi connectivity index (χ1n) is 10.9. The molecule has 2 heterocycles. The van der Waals surface area contributed by atoms with Gasteiger partial charge in [0.25, 0.3) is 0 Å². The Morgan fingerprint density at radius 2 is 1.53 bits per heavy atom. The zero-order valence-corrected chi connectivity index (χ0v) is 18.1. The summed E-state index contributed by atoms with van der Waals surface area (Å²) in [5.74, 6) is -6.15. The summed E-state index contributed by atoms with van der Waals surface area (Å²) in [5.41, 5.74) is -1.00. The number of aliphatic carboxylic acids is 1. The molecule has 0 saturated carbocycles. The van der Waals surface area contributed by atoms with Crippen LogP contribution in [0.5, 0.6) is 0 Å². The number of carboxylic acid groups (broad SMARTS) is 1. The molecule has 2 aliphatic heterocycles. The SMILES string of the molecule is CC(=O)c1ccc(N2C(=O)[C@H]3[C@H](CCC(=O)O)NC4(C(=O)c5ccccc5C4=O)[C@H]3C2=O)cc1. The average molecular weight is 460 g/mol. The van der Waals surface area contributed by atoms with E-state index in [1.807, 2.05) is 0 Å². The highest BCUT2D eigenvalue weighted by Gasteiger charge is 2.72. The van der Waals surface area contributed by atoms with E-state index < -0.39 is 52.8 Å². The van der Waals surface area contributed by atoms with Gasteiger partial charge in [0.05, 0.1) is 17.5 Å². The Labute approximate surface area is 193 Å². The molecule has 2 aromatic carbocycles. The number of carbonyl (C=O) groups is 6. The monoisotopic (exact) mass is 460 g/mol. The normalized spacial score (nSPS) is 24.6. The highest BCUT2D eigenvalue weighted by Crippen LogP contribution is 2.50. The van der Waals surface area contributed by atoms with Crippen LogP contribution in [0.15, 0.2) is 48.5 Å². The number of carbonyl (C=O) groups excluding carboxylic acids is 5. The minimum Gasteiger partial charge on any atom is -0.481 e. The van der Waals surface area contributed by atoms with Crippen molar-refractivity contribution < 1.29 is 33.9 Å². The first-order valence-corrected chi connectivity index (χ1v) is 10.9. The number of anilines is 1. The summed E-state index contributed by atoms with van der Waals surface area (Å²) in [6, 6.07) is 11.3. The van der Waals surface area contributed by atoms with Crippen LogP contribution in [0.4, 0.5) is 5.69 Å². The third kappa shape index (κ3) is 2.83. The number of ketones is 3. The van der Waals surface area contributed by atoms with Crippen molar-refractivity contribution in [1.29, 1.82) is 0 Å². The van der Waals surface area contributed by atoms with E-state index in [0.29, 0.717) is 5.56 Å². The number of carboxylic acids is 1. The minimum absolute atomic E-state index is 0.0364. The van der Waals surface area contributed by atoms with Crippen LogP contribution in [0.2, 0.25) is 0 Å². The second-order valence-electron chi connectivity index (χ2n) is 8.81. The fourth-order valence-electron chi connectivity index (χ4n) is 5.47. The molecule has 3 aliphatic rings. The number of fused-ring (bicyclic) bond motifs is 3. The van der Waals surface area contributed by atoms with Crippen LogP contribution in [0.25, 0.3) is 0 Å². The smallest absolute Gasteiger partial charge is 0.303 e. The zero-order valence-electron chi connectivity index (χ0n) is 18.1. The largest absolute Gasteiger partial charge is 0.481 e. The molecule has 0 aromatic heterocycles. The van der Waals surface area contributed by atoms with Gasteiger partial charge in [0.15, 0.2) is 22.9 Å². The van der Waals surface area contributed by atoms with Crippen molar-refractivity contribution in [3.8, 4) is 0 Å². The molecule has 3 atom stereocenters. The Morgan fingerprint density at radius 3 is 2.06 bits per heavy atom. The number of hydrogen-bond donors (Lipinski definition) is 2. The van der Waals surface area contributed by atoms with Gasteiger partial charge in [0, 0.05) is 29.2 Å². The van der Waals surface area contributed by atoms with Crippen molar-refractivity contribution in [3.63, 3.8) is 0 Å². The van der Waals surface area contributed by atoms with E-state index in [-0.39, 0.29) is 35.4 Å². The van der Waals surface area contributed by atoms with Crippen LogP contribution >= 0.6 is 0 Å². The Morgan fingerprint density at radius 1 is 0.941 bits per heavy atom. The standard InChI is InChI=1S/C25H20N2O7/c1-12(28)13-6-8-14(9-7-13)27-23(33)19-17(10-11-18(29)30)26-25(20(19)24(27)34)21(31)15-4-2-3-5-16(15)22(25)32/h2-9,17,19-20,26H,10-11H2,1H3,(H,29,30)/t17-,19-,20+/m0/s1. The maximum Gasteiger partial charge on any atom is 0.303 e. The molecule has 172 valence electrons. The molecule has 1 spiro atoms. The summed E-state index contributed by atoms with van der Waals surface area (Å²) in [7, 11) is 0. The topological polar surface area (TPSA) is 138 Å². The van der Waals surface area contributed by atoms with E-state index in [1.165, 1.54) is 43.3 Å². The molecule has 0 radical (unpaired) electrons. The maximum atomic E-state index is 13.7. The average Bonchev–Trinajstić information content (AvgIpc) is 3.37. The van der Waals surface area contributed by atoms with Crippen LogP contribution in [-0.4, -0.2) is 51.8 Å². The van der Waals surface area contributed by atoms with Gasteiger partial charge in [-0.3, -0.25) is 34.1 Å². The lowest BCUT2D eigenvalue weighted by Crippen LogP contribution is -2.59. The quantitative estimate of drug-likeness (QED) is 0.390. The summed E-state index contributed by atoms with van der Waals surface area (Å²) in [5, 5.41) is 12.1. The molecule has 9 heteroatoms. The van der Waals surface area contributed by atoms with Gasteiger partial charge in [0.2, 0.25) is 11.8 Å². The lowest BCUT2D eigenvalue weighted by molar-refractivity contribution is -0.137. The van der Waals surface area contributed by atoms with Crippen molar-refractivity contribution in [3.05, 3.63) is 65.2 Å². The van der Waals surface area contributed by atoms with Gasteiger partial charge in [-0.05, 0) is 37.6 Å². The number of Topliss-reactive ketones (excluding diaryl/α,β-unsaturated/α-hetero) is 3. The van der Waals surface area contributed by atoms with E-state index in [9.17, 15) is 33.9 Å². The molecule has 0 bridgehead atoms. The number of benzene rings is 2. The highest BCUT2D eigenvalue weighted by molar-refractivity contribution is 6.37. The van der Waals surface area contributed by atoms with Crippen LogP contribution in [0.3, 0.4) is 0 Å². The van der Waals surface area contributed by atoms with Gasteiger partial charge in [-0.2, -0.15) is 0 Å². The molecule has 1 aliphatic carbocycles. The number of nitrogens with zero attached hydrogens (tertiary/aromatic N) is 1. The van der Waals surface area contributed by atoms with Gasteiger partial charge in [-0.1, -0.05) is 24.3 Å². The second kappa shape index (κ2) is 7.53. The first-order chi connectivity index (χ1) is 16.2. The summed E-state index contributed by atoms with van der Waals surface area (Å²) in [6.07, 6.45) is -0.341. The summed E-state index contributed by atoms with van der Waals surface area (Å²) in [4.78, 5) is 78.1. The number of hydrogen-bond acceptors (Lipinski definition) is 7. The lowest BCUT2D eigenvalue weighted by atomic mass is 9.76. The van der Waals surface area contributed by atoms with Crippen molar-refractivity contribution in [1.82, 2.24) is 5.32 Å². The van der Waals surface area contributed by atoms with Gasteiger partial charge >= 0.3 is 5.97 Å². The van der Waals surface area contributed by atoms with Crippen molar-refractivity contribution in [2.45, 2.75) is 31.3 Å². The molecule has 9 nitrogen and oxygen atoms in total. The fraction of sp³-hybridized carbons (Fsp3) is 0.280. The van der Waals surface area contributed by atoms with Gasteiger partial charge in [-0.25, -0.2) is 4.90 Å². The third-order valence-corrected chi connectivity index (χ3v) is 7.00. The van der Waals surface area contributed by atoms with E-state index >= 15 is 0 Å². The predicted molar refractivity (Wildman–Crippen MR) is 118 cm³/mol. The molecule has 2 amide bonds. The predicted octanol–water partition coefficient (Wildman–Crippen LogP) is 1.65. The Bertz CT molecular complexity index is 1260. The van der Waals surface area contributed by atoms with Crippen molar-refractivity contribution in [2.24, 2.45) is 11.8 Å². The van der Waals surface area contributed by atoms with Crippen LogP contribution < -0.4 is 10.2 Å². The second-order valence-corrected chi connectivity index (χ2v) is 8.81. The minimum atomic E-state index is -1.96.